The standard InChI is InChI=1S/C11H17NO/c1-7-5-10(6-13-4)9(3)11(12)8(7)2/h5H,6,12H2,1-4H3. The molecule has 0 atom stereocenters. The normalized spacial score (nSPS) is 10.5. The van der Waals surface area contributed by atoms with Crippen LogP contribution >= 0.6 is 0 Å². The van der Waals surface area contributed by atoms with Gasteiger partial charge in [0.05, 0.1) is 6.61 Å². The number of ether oxygens (including phenoxy) is 1. The molecule has 0 fully saturated rings. The van der Waals surface area contributed by atoms with Crippen LogP contribution in [0.2, 0.25) is 0 Å². The largest absolute Gasteiger partial charge is 0.398 e. The van der Waals surface area contributed by atoms with Gasteiger partial charge in [0, 0.05) is 12.8 Å². The fourth-order valence-electron chi connectivity index (χ4n) is 1.45. The van der Waals surface area contributed by atoms with E-state index >= 15 is 0 Å². The summed E-state index contributed by atoms with van der Waals surface area (Å²) in [4.78, 5) is 0. The summed E-state index contributed by atoms with van der Waals surface area (Å²) in [7, 11) is 1.70. The van der Waals surface area contributed by atoms with Crippen LogP contribution in [0.4, 0.5) is 5.69 Å². The van der Waals surface area contributed by atoms with Crippen LogP contribution in [0.15, 0.2) is 6.07 Å². The Balaban J connectivity index is 3.24. The first-order chi connectivity index (χ1) is 6.07. The first-order valence-corrected chi connectivity index (χ1v) is 4.42. The minimum atomic E-state index is 0.636. The summed E-state index contributed by atoms with van der Waals surface area (Å²) in [5, 5.41) is 0. The van der Waals surface area contributed by atoms with Crippen molar-refractivity contribution in [2.75, 3.05) is 12.8 Å². The van der Waals surface area contributed by atoms with E-state index in [1.807, 2.05) is 13.8 Å². The molecule has 0 spiro atoms. The number of benzene rings is 1. The van der Waals surface area contributed by atoms with Crippen molar-refractivity contribution in [2.24, 2.45) is 0 Å². The second-order valence-corrected chi connectivity index (χ2v) is 3.45. The minimum Gasteiger partial charge on any atom is -0.398 e. The Bertz CT molecular complexity index is 318. The van der Waals surface area contributed by atoms with Crippen LogP contribution in [0, 0.1) is 20.8 Å². The predicted octanol–water partition coefficient (Wildman–Crippen LogP) is 2.34. The maximum Gasteiger partial charge on any atom is 0.0716 e. The highest BCUT2D eigenvalue weighted by atomic mass is 16.5. The van der Waals surface area contributed by atoms with Crippen LogP contribution in [-0.2, 0) is 11.3 Å². The smallest absolute Gasteiger partial charge is 0.0716 e. The molecule has 13 heavy (non-hydrogen) atoms. The van der Waals surface area contributed by atoms with E-state index in [2.05, 4.69) is 13.0 Å². The Labute approximate surface area is 79.7 Å². The van der Waals surface area contributed by atoms with Crippen molar-refractivity contribution in [2.45, 2.75) is 27.4 Å². The molecule has 72 valence electrons. The summed E-state index contributed by atoms with van der Waals surface area (Å²) in [5.41, 5.74) is 11.6. The number of nitrogens with two attached hydrogens (primary N) is 1. The van der Waals surface area contributed by atoms with Gasteiger partial charge in [-0.15, -0.1) is 0 Å². The molecule has 0 aliphatic rings. The maximum atomic E-state index is 5.96. The lowest BCUT2D eigenvalue weighted by Gasteiger charge is -2.13. The monoisotopic (exact) mass is 179 g/mol. The van der Waals surface area contributed by atoms with E-state index in [1.54, 1.807) is 7.11 Å². The molecule has 0 aromatic heterocycles. The lowest BCUT2D eigenvalue weighted by atomic mass is 9.99. The van der Waals surface area contributed by atoms with E-state index in [0.717, 1.165) is 11.3 Å². The fourth-order valence-corrected chi connectivity index (χ4v) is 1.45. The molecule has 0 bridgehead atoms. The average molecular weight is 179 g/mol. The molecular formula is C11H17NO. The van der Waals surface area contributed by atoms with Crippen molar-refractivity contribution >= 4 is 5.69 Å². The molecule has 0 aliphatic heterocycles. The van der Waals surface area contributed by atoms with Crippen LogP contribution < -0.4 is 5.73 Å². The third-order valence-corrected chi connectivity index (χ3v) is 2.57. The number of rotatable bonds is 2. The molecule has 0 saturated heterocycles. The van der Waals surface area contributed by atoms with Crippen molar-refractivity contribution in [3.63, 3.8) is 0 Å². The lowest BCUT2D eigenvalue weighted by molar-refractivity contribution is 0.184. The van der Waals surface area contributed by atoms with Gasteiger partial charge < -0.3 is 10.5 Å². The summed E-state index contributed by atoms with van der Waals surface area (Å²) in [5.74, 6) is 0. The lowest BCUT2D eigenvalue weighted by Crippen LogP contribution is -2.01. The molecular weight excluding hydrogens is 162 g/mol. The molecule has 0 amide bonds. The van der Waals surface area contributed by atoms with Gasteiger partial charge in [-0.2, -0.15) is 0 Å². The van der Waals surface area contributed by atoms with Crippen LogP contribution in [-0.4, -0.2) is 7.11 Å². The van der Waals surface area contributed by atoms with E-state index in [9.17, 15) is 0 Å². The quantitative estimate of drug-likeness (QED) is 0.707. The third-order valence-electron chi connectivity index (χ3n) is 2.57. The van der Waals surface area contributed by atoms with Gasteiger partial charge in [0.25, 0.3) is 0 Å². The number of anilines is 1. The van der Waals surface area contributed by atoms with Crippen molar-refractivity contribution in [3.05, 3.63) is 28.3 Å². The molecule has 0 saturated carbocycles. The van der Waals surface area contributed by atoms with Gasteiger partial charge in [-0.3, -0.25) is 0 Å². The first-order valence-electron chi connectivity index (χ1n) is 4.42. The number of hydrogen-bond donors (Lipinski definition) is 1. The third kappa shape index (κ3) is 1.83. The molecule has 0 aliphatic carbocycles. The minimum absolute atomic E-state index is 0.636. The Morgan fingerprint density at radius 1 is 1.23 bits per heavy atom. The summed E-state index contributed by atoms with van der Waals surface area (Å²) in [6.07, 6.45) is 0. The summed E-state index contributed by atoms with van der Waals surface area (Å²) in [6, 6.07) is 2.14. The van der Waals surface area contributed by atoms with Gasteiger partial charge >= 0.3 is 0 Å². The number of methoxy groups -OCH3 is 1. The van der Waals surface area contributed by atoms with Crippen LogP contribution in [0.5, 0.6) is 0 Å². The Kier molecular flexibility index (Phi) is 2.94. The van der Waals surface area contributed by atoms with Crippen LogP contribution in [0.1, 0.15) is 22.3 Å². The van der Waals surface area contributed by atoms with Crippen molar-refractivity contribution in [3.8, 4) is 0 Å². The van der Waals surface area contributed by atoms with E-state index in [1.165, 1.54) is 16.7 Å². The predicted molar refractivity (Wildman–Crippen MR) is 55.8 cm³/mol. The summed E-state index contributed by atoms with van der Waals surface area (Å²) in [6.45, 7) is 6.80. The highest BCUT2D eigenvalue weighted by molar-refractivity contribution is 5.58. The molecule has 1 rings (SSSR count). The van der Waals surface area contributed by atoms with Gasteiger partial charge in [-0.25, -0.2) is 0 Å². The van der Waals surface area contributed by atoms with E-state index < -0.39 is 0 Å². The Morgan fingerprint density at radius 3 is 2.38 bits per heavy atom. The highest BCUT2D eigenvalue weighted by Gasteiger charge is 2.06. The highest BCUT2D eigenvalue weighted by Crippen LogP contribution is 2.24. The van der Waals surface area contributed by atoms with Crippen molar-refractivity contribution < 1.29 is 4.74 Å². The summed E-state index contributed by atoms with van der Waals surface area (Å²) < 4.78 is 5.10. The second-order valence-electron chi connectivity index (χ2n) is 3.45. The number of nitrogen functional groups attached to an aromatic ring is 1. The molecule has 2 N–H and O–H groups in total. The van der Waals surface area contributed by atoms with E-state index in [-0.39, 0.29) is 0 Å². The molecule has 1 aromatic rings. The van der Waals surface area contributed by atoms with E-state index in [0.29, 0.717) is 6.61 Å². The van der Waals surface area contributed by atoms with Gasteiger partial charge in [-0.1, -0.05) is 6.07 Å². The molecule has 1 aromatic carbocycles. The maximum absolute atomic E-state index is 5.96. The van der Waals surface area contributed by atoms with Gasteiger partial charge in [0.15, 0.2) is 0 Å². The Hall–Kier alpha value is -1.02. The topological polar surface area (TPSA) is 35.2 Å². The van der Waals surface area contributed by atoms with Crippen molar-refractivity contribution in [1.82, 2.24) is 0 Å². The molecule has 0 radical (unpaired) electrons. The van der Waals surface area contributed by atoms with E-state index in [4.69, 9.17) is 10.5 Å². The molecule has 0 heterocycles. The zero-order valence-electron chi connectivity index (χ0n) is 8.77. The molecule has 2 nitrogen and oxygen atoms in total. The van der Waals surface area contributed by atoms with Gasteiger partial charge in [0.2, 0.25) is 0 Å². The van der Waals surface area contributed by atoms with Crippen LogP contribution in [0.3, 0.4) is 0 Å². The van der Waals surface area contributed by atoms with Crippen LogP contribution in [0.25, 0.3) is 0 Å². The zero-order chi connectivity index (χ0) is 10.0. The Morgan fingerprint density at radius 2 is 1.85 bits per heavy atom. The summed E-state index contributed by atoms with van der Waals surface area (Å²) >= 11 is 0. The second kappa shape index (κ2) is 3.79. The SMILES string of the molecule is COCc1cc(C)c(C)c(N)c1C. The molecule has 0 unspecified atom stereocenters. The van der Waals surface area contributed by atoms with Gasteiger partial charge in [-0.05, 0) is 43.0 Å². The fraction of sp³-hybridized carbons (Fsp3) is 0.455. The number of hydrogen-bond acceptors (Lipinski definition) is 2. The zero-order valence-corrected chi connectivity index (χ0v) is 8.77. The number of aryl methyl sites for hydroxylation is 1. The van der Waals surface area contributed by atoms with Crippen molar-refractivity contribution in [1.29, 1.82) is 0 Å². The van der Waals surface area contributed by atoms with Gasteiger partial charge in [0.1, 0.15) is 0 Å². The first kappa shape index (κ1) is 10.1. The average Bonchev–Trinajstić information content (AvgIpc) is 2.11. The molecule has 2 heteroatoms.